The Labute approximate surface area is 88.9 Å². The SMILES string of the molecule is CCCC1CC(CC(C)C)CCC1O. The zero-order valence-electron chi connectivity index (χ0n) is 10.00. The summed E-state index contributed by atoms with van der Waals surface area (Å²) in [5.74, 6) is 2.30. The highest BCUT2D eigenvalue weighted by atomic mass is 16.3. The van der Waals surface area contributed by atoms with Gasteiger partial charge >= 0.3 is 0 Å². The van der Waals surface area contributed by atoms with Gasteiger partial charge in [0.05, 0.1) is 6.10 Å². The molecule has 3 atom stereocenters. The number of hydrogen-bond acceptors (Lipinski definition) is 1. The van der Waals surface area contributed by atoms with Gasteiger partial charge in [-0.25, -0.2) is 0 Å². The molecule has 14 heavy (non-hydrogen) atoms. The van der Waals surface area contributed by atoms with Gasteiger partial charge < -0.3 is 5.11 Å². The Morgan fingerprint density at radius 3 is 2.57 bits per heavy atom. The van der Waals surface area contributed by atoms with E-state index in [0.29, 0.717) is 5.92 Å². The number of aliphatic hydroxyl groups is 1. The van der Waals surface area contributed by atoms with Gasteiger partial charge in [-0.1, -0.05) is 27.2 Å². The number of hydrogen-bond donors (Lipinski definition) is 1. The molecular formula is C13H26O. The van der Waals surface area contributed by atoms with Crippen LogP contribution in [0.15, 0.2) is 0 Å². The van der Waals surface area contributed by atoms with Crippen molar-refractivity contribution in [3.05, 3.63) is 0 Å². The van der Waals surface area contributed by atoms with Gasteiger partial charge in [0.1, 0.15) is 0 Å². The van der Waals surface area contributed by atoms with Gasteiger partial charge in [0.2, 0.25) is 0 Å². The fraction of sp³-hybridized carbons (Fsp3) is 1.00. The van der Waals surface area contributed by atoms with Gasteiger partial charge in [0.25, 0.3) is 0 Å². The lowest BCUT2D eigenvalue weighted by atomic mass is 9.75. The molecule has 0 heterocycles. The lowest BCUT2D eigenvalue weighted by Crippen LogP contribution is -2.29. The van der Waals surface area contributed by atoms with Gasteiger partial charge in [0, 0.05) is 0 Å². The van der Waals surface area contributed by atoms with Crippen LogP contribution in [0.3, 0.4) is 0 Å². The van der Waals surface area contributed by atoms with Crippen molar-refractivity contribution in [2.45, 2.75) is 65.4 Å². The summed E-state index contributed by atoms with van der Waals surface area (Å²) in [5, 5.41) is 9.85. The van der Waals surface area contributed by atoms with Crippen molar-refractivity contribution in [2.24, 2.45) is 17.8 Å². The van der Waals surface area contributed by atoms with Crippen LogP contribution < -0.4 is 0 Å². The quantitative estimate of drug-likeness (QED) is 0.731. The molecule has 0 aromatic heterocycles. The first kappa shape index (κ1) is 12.0. The molecule has 0 aromatic rings. The summed E-state index contributed by atoms with van der Waals surface area (Å²) < 4.78 is 0. The molecule has 1 aliphatic carbocycles. The Morgan fingerprint density at radius 2 is 2.00 bits per heavy atom. The van der Waals surface area contributed by atoms with Gasteiger partial charge in [-0.2, -0.15) is 0 Å². The summed E-state index contributed by atoms with van der Waals surface area (Å²) in [6.45, 7) is 6.83. The zero-order valence-corrected chi connectivity index (χ0v) is 10.00. The van der Waals surface area contributed by atoms with Crippen LogP contribution in [0.25, 0.3) is 0 Å². The highest BCUT2D eigenvalue weighted by molar-refractivity contribution is 4.80. The standard InChI is InChI=1S/C13H26O/c1-4-5-12-9-11(8-10(2)3)6-7-13(12)14/h10-14H,4-9H2,1-3H3. The van der Waals surface area contributed by atoms with E-state index in [4.69, 9.17) is 0 Å². The molecule has 1 N–H and O–H groups in total. The third-order valence-electron chi connectivity index (χ3n) is 3.52. The largest absolute Gasteiger partial charge is 0.393 e. The summed E-state index contributed by atoms with van der Waals surface area (Å²) in [5.41, 5.74) is 0. The molecule has 1 fully saturated rings. The molecule has 1 heteroatoms. The van der Waals surface area contributed by atoms with Gasteiger partial charge in [-0.15, -0.1) is 0 Å². The Kier molecular flexibility index (Phi) is 4.94. The normalized spacial score (nSPS) is 33.6. The molecule has 0 radical (unpaired) electrons. The molecule has 1 nitrogen and oxygen atoms in total. The Bertz CT molecular complexity index is 153. The van der Waals surface area contributed by atoms with E-state index in [9.17, 15) is 5.11 Å². The summed E-state index contributed by atoms with van der Waals surface area (Å²) in [6, 6.07) is 0. The smallest absolute Gasteiger partial charge is 0.0568 e. The lowest BCUT2D eigenvalue weighted by molar-refractivity contribution is 0.0390. The van der Waals surface area contributed by atoms with E-state index in [1.807, 2.05) is 0 Å². The van der Waals surface area contributed by atoms with Crippen LogP contribution in [0.4, 0.5) is 0 Å². The molecular weight excluding hydrogens is 172 g/mol. The van der Waals surface area contributed by atoms with Crippen LogP contribution in [0.5, 0.6) is 0 Å². The minimum Gasteiger partial charge on any atom is -0.393 e. The van der Waals surface area contributed by atoms with Crippen molar-refractivity contribution >= 4 is 0 Å². The van der Waals surface area contributed by atoms with Crippen molar-refractivity contribution in [1.29, 1.82) is 0 Å². The predicted molar refractivity (Wildman–Crippen MR) is 61.2 cm³/mol. The molecule has 0 aliphatic heterocycles. The predicted octanol–water partition coefficient (Wildman–Crippen LogP) is 3.61. The topological polar surface area (TPSA) is 20.2 Å². The van der Waals surface area contributed by atoms with Gasteiger partial charge in [-0.3, -0.25) is 0 Å². The molecule has 3 unspecified atom stereocenters. The average molecular weight is 198 g/mol. The number of rotatable bonds is 4. The van der Waals surface area contributed by atoms with Crippen molar-refractivity contribution < 1.29 is 5.11 Å². The van der Waals surface area contributed by atoms with Crippen LogP contribution in [0, 0.1) is 17.8 Å². The molecule has 0 spiro atoms. The maximum atomic E-state index is 9.85. The molecule has 0 saturated heterocycles. The van der Waals surface area contributed by atoms with E-state index in [1.54, 1.807) is 0 Å². The molecule has 84 valence electrons. The van der Waals surface area contributed by atoms with Crippen LogP contribution in [0.2, 0.25) is 0 Å². The summed E-state index contributed by atoms with van der Waals surface area (Å²) in [7, 11) is 0. The Hall–Kier alpha value is -0.0400. The lowest BCUT2D eigenvalue weighted by Gasteiger charge is -2.34. The first-order chi connectivity index (χ1) is 6.63. The summed E-state index contributed by atoms with van der Waals surface area (Å²) in [6.07, 6.45) is 7.35. The maximum absolute atomic E-state index is 9.85. The van der Waals surface area contributed by atoms with Crippen molar-refractivity contribution in [3.8, 4) is 0 Å². The monoisotopic (exact) mass is 198 g/mol. The van der Waals surface area contributed by atoms with E-state index in [1.165, 1.54) is 32.1 Å². The van der Waals surface area contributed by atoms with E-state index in [-0.39, 0.29) is 6.10 Å². The second-order valence-corrected chi connectivity index (χ2v) is 5.42. The second-order valence-electron chi connectivity index (χ2n) is 5.42. The van der Waals surface area contributed by atoms with E-state index < -0.39 is 0 Å². The van der Waals surface area contributed by atoms with Crippen molar-refractivity contribution in [1.82, 2.24) is 0 Å². The first-order valence-electron chi connectivity index (χ1n) is 6.31. The zero-order chi connectivity index (χ0) is 10.6. The summed E-state index contributed by atoms with van der Waals surface area (Å²) in [4.78, 5) is 0. The second kappa shape index (κ2) is 5.75. The average Bonchev–Trinajstić information content (AvgIpc) is 2.10. The van der Waals surface area contributed by atoms with Gasteiger partial charge in [-0.05, 0) is 49.9 Å². The fourth-order valence-corrected chi connectivity index (χ4v) is 2.91. The molecule has 0 aromatic carbocycles. The minimum absolute atomic E-state index is 0.00152. The highest BCUT2D eigenvalue weighted by Crippen LogP contribution is 2.35. The number of aliphatic hydroxyl groups excluding tert-OH is 1. The van der Waals surface area contributed by atoms with Crippen LogP contribution in [0.1, 0.15) is 59.3 Å². The maximum Gasteiger partial charge on any atom is 0.0568 e. The fourth-order valence-electron chi connectivity index (χ4n) is 2.91. The molecule has 0 bridgehead atoms. The molecule has 0 amide bonds. The van der Waals surface area contributed by atoms with Gasteiger partial charge in [0.15, 0.2) is 0 Å². The Morgan fingerprint density at radius 1 is 1.29 bits per heavy atom. The minimum atomic E-state index is -0.00152. The van der Waals surface area contributed by atoms with E-state index in [0.717, 1.165) is 18.3 Å². The molecule has 1 rings (SSSR count). The van der Waals surface area contributed by atoms with Crippen LogP contribution in [-0.2, 0) is 0 Å². The van der Waals surface area contributed by atoms with E-state index in [2.05, 4.69) is 20.8 Å². The molecule has 1 aliphatic rings. The van der Waals surface area contributed by atoms with Crippen LogP contribution in [-0.4, -0.2) is 11.2 Å². The summed E-state index contributed by atoms with van der Waals surface area (Å²) >= 11 is 0. The third kappa shape index (κ3) is 3.61. The third-order valence-corrected chi connectivity index (χ3v) is 3.52. The van der Waals surface area contributed by atoms with Crippen molar-refractivity contribution in [2.75, 3.05) is 0 Å². The first-order valence-corrected chi connectivity index (χ1v) is 6.31. The molecule has 1 saturated carbocycles. The van der Waals surface area contributed by atoms with Crippen LogP contribution >= 0.6 is 0 Å². The Balaban J connectivity index is 2.36. The highest BCUT2D eigenvalue weighted by Gasteiger charge is 2.28. The van der Waals surface area contributed by atoms with Crippen molar-refractivity contribution in [3.63, 3.8) is 0 Å². The van der Waals surface area contributed by atoms with E-state index >= 15 is 0 Å².